The lowest BCUT2D eigenvalue weighted by molar-refractivity contribution is -0.384. The smallest absolute Gasteiger partial charge is 0.339 e. The molecule has 0 saturated heterocycles. The zero-order valence-corrected chi connectivity index (χ0v) is 11.6. The van der Waals surface area contributed by atoms with Crippen molar-refractivity contribution in [1.29, 1.82) is 0 Å². The van der Waals surface area contributed by atoms with E-state index < -0.39 is 29.1 Å². The van der Waals surface area contributed by atoms with Gasteiger partial charge in [0.15, 0.2) is 0 Å². The standard InChI is InChI=1S/C12H15N3O6/c1-3-4-14(7-10(16)17)11-9(15(19)20)5-8(6-13-11)12(18)21-2/h5-6H,3-4,7H2,1-2H3,(H,16,17). The zero-order chi connectivity index (χ0) is 16.0. The van der Waals surface area contributed by atoms with Crippen molar-refractivity contribution >= 4 is 23.4 Å². The van der Waals surface area contributed by atoms with Gasteiger partial charge in [0.1, 0.15) is 6.54 Å². The number of hydrogen-bond acceptors (Lipinski definition) is 7. The second-order valence-corrected chi connectivity index (χ2v) is 4.13. The van der Waals surface area contributed by atoms with E-state index in [1.807, 2.05) is 6.92 Å². The van der Waals surface area contributed by atoms with Gasteiger partial charge in [0.25, 0.3) is 0 Å². The van der Waals surface area contributed by atoms with Crippen molar-refractivity contribution in [3.63, 3.8) is 0 Å². The van der Waals surface area contributed by atoms with Crippen molar-refractivity contribution in [2.75, 3.05) is 25.1 Å². The maximum absolute atomic E-state index is 11.4. The number of rotatable bonds is 7. The van der Waals surface area contributed by atoms with E-state index in [-0.39, 0.29) is 17.9 Å². The molecule has 9 nitrogen and oxygen atoms in total. The predicted molar refractivity (Wildman–Crippen MR) is 72.4 cm³/mol. The predicted octanol–water partition coefficient (Wildman–Crippen LogP) is 1.08. The third-order valence-electron chi connectivity index (χ3n) is 2.58. The Labute approximate surface area is 120 Å². The fourth-order valence-electron chi connectivity index (χ4n) is 1.75. The van der Waals surface area contributed by atoms with Crippen LogP contribution in [0.15, 0.2) is 12.3 Å². The number of aromatic nitrogens is 1. The highest BCUT2D eigenvalue weighted by Crippen LogP contribution is 2.27. The van der Waals surface area contributed by atoms with E-state index in [0.29, 0.717) is 6.42 Å². The second-order valence-electron chi connectivity index (χ2n) is 4.13. The fourth-order valence-corrected chi connectivity index (χ4v) is 1.75. The molecule has 0 fully saturated rings. The van der Waals surface area contributed by atoms with Crippen molar-refractivity contribution in [3.8, 4) is 0 Å². The topological polar surface area (TPSA) is 123 Å². The molecule has 1 N–H and O–H groups in total. The Balaban J connectivity index is 3.29. The van der Waals surface area contributed by atoms with Gasteiger partial charge in [-0.2, -0.15) is 0 Å². The molecule has 114 valence electrons. The van der Waals surface area contributed by atoms with E-state index >= 15 is 0 Å². The van der Waals surface area contributed by atoms with Crippen molar-refractivity contribution in [2.45, 2.75) is 13.3 Å². The lowest BCUT2D eigenvalue weighted by atomic mass is 10.2. The summed E-state index contributed by atoms with van der Waals surface area (Å²) in [6.07, 6.45) is 1.71. The minimum atomic E-state index is -1.13. The Morgan fingerprint density at radius 1 is 1.52 bits per heavy atom. The average molecular weight is 297 g/mol. The number of anilines is 1. The number of pyridine rings is 1. The number of nitro groups is 1. The number of nitrogens with zero attached hydrogens (tertiary/aromatic N) is 3. The summed E-state index contributed by atoms with van der Waals surface area (Å²) in [5, 5.41) is 20.0. The van der Waals surface area contributed by atoms with Crippen molar-refractivity contribution in [3.05, 3.63) is 27.9 Å². The van der Waals surface area contributed by atoms with Gasteiger partial charge >= 0.3 is 17.6 Å². The van der Waals surface area contributed by atoms with Crippen molar-refractivity contribution in [2.24, 2.45) is 0 Å². The lowest BCUT2D eigenvalue weighted by Gasteiger charge is -2.20. The SMILES string of the molecule is CCCN(CC(=O)O)c1ncc(C(=O)OC)cc1[N+](=O)[O-]. The van der Waals surface area contributed by atoms with Crippen LogP contribution in [0.2, 0.25) is 0 Å². The summed E-state index contributed by atoms with van der Waals surface area (Å²) in [5.74, 6) is -1.97. The highest BCUT2D eigenvalue weighted by atomic mass is 16.6. The van der Waals surface area contributed by atoms with Crippen LogP contribution in [0.25, 0.3) is 0 Å². The molecule has 1 rings (SSSR count). The van der Waals surface area contributed by atoms with E-state index in [4.69, 9.17) is 5.11 Å². The molecule has 9 heteroatoms. The van der Waals surface area contributed by atoms with Gasteiger partial charge < -0.3 is 14.7 Å². The van der Waals surface area contributed by atoms with Crippen LogP contribution in [-0.4, -0.2) is 47.2 Å². The van der Waals surface area contributed by atoms with Gasteiger partial charge in [-0.25, -0.2) is 9.78 Å². The molecule has 0 aromatic carbocycles. The Morgan fingerprint density at radius 2 is 2.19 bits per heavy atom. The van der Waals surface area contributed by atoms with Gasteiger partial charge in [-0.3, -0.25) is 14.9 Å². The van der Waals surface area contributed by atoms with Crippen LogP contribution in [-0.2, 0) is 9.53 Å². The fraction of sp³-hybridized carbons (Fsp3) is 0.417. The van der Waals surface area contributed by atoms with E-state index in [1.165, 1.54) is 4.90 Å². The number of carboxylic acids is 1. The first-order valence-electron chi connectivity index (χ1n) is 6.10. The molecule has 1 aromatic rings. The van der Waals surface area contributed by atoms with Gasteiger partial charge in [-0.1, -0.05) is 6.92 Å². The summed E-state index contributed by atoms with van der Waals surface area (Å²) in [6, 6.07) is 1.03. The molecule has 1 heterocycles. The zero-order valence-electron chi connectivity index (χ0n) is 11.6. The first-order valence-corrected chi connectivity index (χ1v) is 6.10. The molecule has 0 bridgehead atoms. The van der Waals surface area contributed by atoms with Crippen LogP contribution in [0, 0.1) is 10.1 Å². The molecule has 21 heavy (non-hydrogen) atoms. The maximum atomic E-state index is 11.4. The number of methoxy groups -OCH3 is 1. The Bertz CT molecular complexity index is 560. The number of aliphatic carboxylic acids is 1. The normalized spacial score (nSPS) is 10.0. The molecule has 0 amide bonds. The van der Waals surface area contributed by atoms with Gasteiger partial charge in [-0.05, 0) is 6.42 Å². The summed E-state index contributed by atoms with van der Waals surface area (Å²) in [4.78, 5) is 37.8. The van der Waals surface area contributed by atoms with E-state index in [0.717, 1.165) is 19.4 Å². The number of esters is 1. The summed E-state index contributed by atoms with van der Waals surface area (Å²) in [5.41, 5.74) is -0.507. The molecule has 0 aliphatic rings. The quantitative estimate of drug-likeness (QED) is 0.450. The molecular weight excluding hydrogens is 282 g/mol. The molecular formula is C12H15N3O6. The third kappa shape index (κ3) is 4.13. The molecule has 0 spiro atoms. The molecule has 1 aromatic heterocycles. The summed E-state index contributed by atoms with van der Waals surface area (Å²) < 4.78 is 4.47. The Kier molecular flexibility index (Phi) is 5.58. The average Bonchev–Trinajstić information content (AvgIpc) is 2.44. The molecule has 0 radical (unpaired) electrons. The molecule has 0 atom stereocenters. The first kappa shape index (κ1) is 16.3. The van der Waals surface area contributed by atoms with Crippen LogP contribution in [0.3, 0.4) is 0 Å². The second kappa shape index (κ2) is 7.17. The largest absolute Gasteiger partial charge is 0.480 e. The van der Waals surface area contributed by atoms with Gasteiger partial charge in [-0.15, -0.1) is 0 Å². The summed E-state index contributed by atoms with van der Waals surface area (Å²) >= 11 is 0. The van der Waals surface area contributed by atoms with Crippen LogP contribution < -0.4 is 4.90 Å². The Hall–Kier alpha value is -2.71. The van der Waals surface area contributed by atoms with Gasteiger partial charge in [0.2, 0.25) is 5.82 Å². The van der Waals surface area contributed by atoms with Crippen LogP contribution in [0.4, 0.5) is 11.5 Å². The Morgan fingerprint density at radius 3 is 2.67 bits per heavy atom. The molecule has 0 aliphatic heterocycles. The summed E-state index contributed by atoms with van der Waals surface area (Å²) in [6.45, 7) is 1.68. The number of hydrogen-bond donors (Lipinski definition) is 1. The minimum absolute atomic E-state index is 0.0697. The number of carboxylic acid groups (broad SMARTS) is 1. The van der Waals surface area contributed by atoms with Crippen molar-refractivity contribution < 1.29 is 24.4 Å². The van der Waals surface area contributed by atoms with Gasteiger partial charge in [0, 0.05) is 18.8 Å². The molecule has 0 aliphatic carbocycles. The minimum Gasteiger partial charge on any atom is -0.480 e. The van der Waals surface area contributed by atoms with E-state index in [2.05, 4.69) is 9.72 Å². The lowest BCUT2D eigenvalue weighted by Crippen LogP contribution is -2.31. The molecule has 0 unspecified atom stereocenters. The monoisotopic (exact) mass is 297 g/mol. The number of ether oxygens (including phenoxy) is 1. The van der Waals surface area contributed by atoms with Crippen LogP contribution in [0.1, 0.15) is 23.7 Å². The number of carbonyl (C=O) groups excluding carboxylic acids is 1. The van der Waals surface area contributed by atoms with Crippen LogP contribution in [0.5, 0.6) is 0 Å². The maximum Gasteiger partial charge on any atom is 0.339 e. The van der Waals surface area contributed by atoms with Crippen LogP contribution >= 0.6 is 0 Å². The number of carbonyl (C=O) groups is 2. The highest BCUT2D eigenvalue weighted by Gasteiger charge is 2.24. The first-order chi connectivity index (χ1) is 9.90. The molecule has 0 saturated carbocycles. The highest BCUT2D eigenvalue weighted by molar-refractivity contribution is 5.90. The van der Waals surface area contributed by atoms with E-state index in [9.17, 15) is 19.7 Å². The van der Waals surface area contributed by atoms with Crippen molar-refractivity contribution in [1.82, 2.24) is 4.98 Å². The van der Waals surface area contributed by atoms with E-state index in [1.54, 1.807) is 0 Å². The van der Waals surface area contributed by atoms with Gasteiger partial charge in [0.05, 0.1) is 17.6 Å². The third-order valence-corrected chi connectivity index (χ3v) is 2.58. The summed E-state index contributed by atoms with van der Waals surface area (Å²) in [7, 11) is 1.15.